The number of carbonyl (C=O) groups excluding carboxylic acids is 2. The predicted molar refractivity (Wildman–Crippen MR) is 93.8 cm³/mol. The number of hydrogen-bond donors (Lipinski definition) is 1. The molecule has 6 heteroatoms. The van der Waals surface area contributed by atoms with E-state index in [4.69, 9.17) is 14.2 Å². The second-order valence-electron chi connectivity index (χ2n) is 5.17. The van der Waals surface area contributed by atoms with Crippen molar-refractivity contribution in [3.63, 3.8) is 0 Å². The van der Waals surface area contributed by atoms with Gasteiger partial charge in [-0.05, 0) is 30.7 Å². The molecule has 25 heavy (non-hydrogen) atoms. The van der Waals surface area contributed by atoms with Gasteiger partial charge in [0.15, 0.2) is 6.61 Å². The largest absolute Gasteiger partial charge is 0.495 e. The minimum atomic E-state index is -0.438. The van der Waals surface area contributed by atoms with E-state index in [1.54, 1.807) is 24.3 Å². The first-order valence-corrected chi connectivity index (χ1v) is 7.95. The van der Waals surface area contributed by atoms with E-state index in [0.717, 1.165) is 5.75 Å². The van der Waals surface area contributed by atoms with Crippen molar-refractivity contribution in [2.24, 2.45) is 0 Å². The molecule has 0 aliphatic rings. The molecule has 0 radical (unpaired) electrons. The van der Waals surface area contributed by atoms with Gasteiger partial charge in [0.2, 0.25) is 0 Å². The number of ether oxygens (including phenoxy) is 3. The molecule has 0 spiro atoms. The molecule has 0 saturated carbocycles. The van der Waals surface area contributed by atoms with E-state index in [-0.39, 0.29) is 13.0 Å². The fraction of sp³-hybridized carbons (Fsp3) is 0.263. The Bertz CT molecular complexity index is 687. The average Bonchev–Trinajstić information content (AvgIpc) is 2.65. The van der Waals surface area contributed by atoms with E-state index in [0.29, 0.717) is 24.5 Å². The number of amides is 1. The molecule has 132 valence electrons. The van der Waals surface area contributed by atoms with Crippen LogP contribution in [0.15, 0.2) is 54.6 Å². The number of benzene rings is 2. The summed E-state index contributed by atoms with van der Waals surface area (Å²) in [4.78, 5) is 23.5. The van der Waals surface area contributed by atoms with Crippen LogP contribution in [0.2, 0.25) is 0 Å². The van der Waals surface area contributed by atoms with Crippen LogP contribution in [0.4, 0.5) is 5.69 Å². The van der Waals surface area contributed by atoms with E-state index in [2.05, 4.69) is 5.32 Å². The summed E-state index contributed by atoms with van der Waals surface area (Å²) in [5.41, 5.74) is 0.530. The maximum atomic E-state index is 11.8. The van der Waals surface area contributed by atoms with Gasteiger partial charge >= 0.3 is 5.97 Å². The normalized spacial score (nSPS) is 9.96. The number of carbonyl (C=O) groups is 2. The standard InChI is InChI=1S/C19H21NO5/c1-23-17-11-6-5-10-16(17)20-18(21)14-25-19(22)12-7-13-24-15-8-3-2-4-9-15/h2-6,8-11H,7,12-14H2,1H3,(H,20,21). The van der Waals surface area contributed by atoms with Gasteiger partial charge in [0, 0.05) is 6.42 Å². The van der Waals surface area contributed by atoms with Gasteiger partial charge in [0.1, 0.15) is 11.5 Å². The molecule has 2 aromatic rings. The predicted octanol–water partition coefficient (Wildman–Crippen LogP) is 3.04. The van der Waals surface area contributed by atoms with E-state index in [1.165, 1.54) is 7.11 Å². The number of para-hydroxylation sites is 3. The lowest BCUT2D eigenvalue weighted by Crippen LogP contribution is -2.21. The van der Waals surface area contributed by atoms with Gasteiger partial charge in [0.25, 0.3) is 5.91 Å². The second kappa shape index (κ2) is 9.97. The Kier molecular flexibility index (Phi) is 7.31. The molecule has 0 atom stereocenters. The molecule has 2 aromatic carbocycles. The Labute approximate surface area is 146 Å². The molecular weight excluding hydrogens is 322 g/mol. The molecule has 0 aliphatic carbocycles. The highest BCUT2D eigenvalue weighted by atomic mass is 16.5. The quantitative estimate of drug-likeness (QED) is 0.559. The second-order valence-corrected chi connectivity index (χ2v) is 5.17. The first-order chi connectivity index (χ1) is 12.2. The third-order valence-electron chi connectivity index (χ3n) is 3.28. The van der Waals surface area contributed by atoms with Gasteiger partial charge in [-0.1, -0.05) is 30.3 Å². The lowest BCUT2D eigenvalue weighted by molar-refractivity contribution is -0.147. The Hall–Kier alpha value is -3.02. The summed E-state index contributed by atoms with van der Waals surface area (Å²) in [5.74, 6) is 0.442. The fourth-order valence-electron chi connectivity index (χ4n) is 2.08. The van der Waals surface area contributed by atoms with Crippen LogP contribution in [0.5, 0.6) is 11.5 Å². The molecule has 0 saturated heterocycles. The average molecular weight is 343 g/mol. The van der Waals surface area contributed by atoms with Crippen LogP contribution in [0.1, 0.15) is 12.8 Å². The summed E-state index contributed by atoms with van der Waals surface area (Å²) in [6, 6.07) is 16.4. The van der Waals surface area contributed by atoms with Crippen molar-refractivity contribution in [1.82, 2.24) is 0 Å². The summed E-state index contributed by atoms with van der Waals surface area (Å²) in [5, 5.41) is 2.64. The summed E-state index contributed by atoms with van der Waals surface area (Å²) >= 11 is 0. The zero-order valence-corrected chi connectivity index (χ0v) is 14.1. The van der Waals surface area contributed by atoms with Crippen LogP contribution in [0.25, 0.3) is 0 Å². The Morgan fingerprint density at radius 3 is 2.48 bits per heavy atom. The molecule has 2 rings (SSSR count). The van der Waals surface area contributed by atoms with Crippen molar-refractivity contribution in [3.05, 3.63) is 54.6 Å². The van der Waals surface area contributed by atoms with Gasteiger partial charge in [-0.25, -0.2) is 0 Å². The fourth-order valence-corrected chi connectivity index (χ4v) is 2.08. The minimum absolute atomic E-state index is 0.189. The number of anilines is 1. The summed E-state index contributed by atoms with van der Waals surface area (Å²) in [6.45, 7) is 0.0724. The van der Waals surface area contributed by atoms with Gasteiger partial charge in [0.05, 0.1) is 19.4 Å². The van der Waals surface area contributed by atoms with Crippen molar-refractivity contribution in [1.29, 1.82) is 0 Å². The molecule has 0 unspecified atom stereocenters. The molecule has 0 fully saturated rings. The van der Waals surface area contributed by atoms with Crippen LogP contribution >= 0.6 is 0 Å². The molecule has 0 bridgehead atoms. The van der Waals surface area contributed by atoms with Crippen LogP contribution in [-0.4, -0.2) is 32.2 Å². The third-order valence-corrected chi connectivity index (χ3v) is 3.28. The molecule has 0 heterocycles. The SMILES string of the molecule is COc1ccccc1NC(=O)COC(=O)CCCOc1ccccc1. The molecule has 6 nitrogen and oxygen atoms in total. The third kappa shape index (κ3) is 6.55. The van der Waals surface area contributed by atoms with E-state index < -0.39 is 11.9 Å². The molecule has 1 amide bonds. The lowest BCUT2D eigenvalue weighted by atomic mass is 10.3. The molecular formula is C19H21NO5. The van der Waals surface area contributed by atoms with Crippen molar-refractivity contribution in [3.8, 4) is 11.5 Å². The number of hydrogen-bond acceptors (Lipinski definition) is 5. The van der Waals surface area contributed by atoms with Crippen LogP contribution < -0.4 is 14.8 Å². The van der Waals surface area contributed by atoms with E-state index in [9.17, 15) is 9.59 Å². The summed E-state index contributed by atoms with van der Waals surface area (Å²) < 4.78 is 15.6. The van der Waals surface area contributed by atoms with Crippen LogP contribution in [0, 0.1) is 0 Å². The Morgan fingerprint density at radius 1 is 1.00 bits per heavy atom. The Balaban J connectivity index is 1.63. The van der Waals surface area contributed by atoms with Gasteiger partial charge < -0.3 is 19.5 Å². The lowest BCUT2D eigenvalue weighted by Gasteiger charge is -2.10. The van der Waals surface area contributed by atoms with Crippen molar-refractivity contribution < 1.29 is 23.8 Å². The Morgan fingerprint density at radius 2 is 1.72 bits per heavy atom. The van der Waals surface area contributed by atoms with Gasteiger partial charge in [-0.3, -0.25) is 9.59 Å². The maximum Gasteiger partial charge on any atom is 0.306 e. The van der Waals surface area contributed by atoms with Crippen molar-refractivity contribution in [2.45, 2.75) is 12.8 Å². The van der Waals surface area contributed by atoms with Gasteiger partial charge in [-0.2, -0.15) is 0 Å². The number of esters is 1. The van der Waals surface area contributed by atoms with Crippen molar-refractivity contribution in [2.75, 3.05) is 25.6 Å². The monoisotopic (exact) mass is 343 g/mol. The van der Waals surface area contributed by atoms with Crippen LogP contribution in [-0.2, 0) is 14.3 Å². The number of nitrogens with one attached hydrogen (secondary N) is 1. The number of rotatable bonds is 9. The maximum absolute atomic E-state index is 11.8. The van der Waals surface area contributed by atoms with Gasteiger partial charge in [-0.15, -0.1) is 0 Å². The van der Waals surface area contributed by atoms with E-state index >= 15 is 0 Å². The van der Waals surface area contributed by atoms with Crippen LogP contribution in [0.3, 0.4) is 0 Å². The summed E-state index contributed by atoms with van der Waals surface area (Å²) in [7, 11) is 1.52. The molecule has 0 aliphatic heterocycles. The highest BCUT2D eigenvalue weighted by Crippen LogP contribution is 2.22. The first-order valence-electron chi connectivity index (χ1n) is 7.95. The molecule has 1 N–H and O–H groups in total. The zero-order chi connectivity index (χ0) is 17.9. The minimum Gasteiger partial charge on any atom is -0.495 e. The highest BCUT2D eigenvalue weighted by molar-refractivity contribution is 5.94. The smallest absolute Gasteiger partial charge is 0.306 e. The summed E-state index contributed by atoms with van der Waals surface area (Å²) in [6.07, 6.45) is 0.705. The zero-order valence-electron chi connectivity index (χ0n) is 14.1. The van der Waals surface area contributed by atoms with Crippen molar-refractivity contribution >= 4 is 17.6 Å². The topological polar surface area (TPSA) is 73.9 Å². The first kappa shape index (κ1) is 18.3. The molecule has 0 aromatic heterocycles. The van der Waals surface area contributed by atoms with E-state index in [1.807, 2.05) is 30.3 Å². The number of methoxy groups -OCH3 is 1. The highest BCUT2D eigenvalue weighted by Gasteiger charge is 2.10.